The number of carbonyl (C=O) groups is 2. The normalized spacial score (nSPS) is 18.3. The molecule has 0 saturated carbocycles. The van der Waals surface area contributed by atoms with Crippen LogP contribution in [0.1, 0.15) is 36.9 Å². The number of benzene rings is 1. The zero-order chi connectivity index (χ0) is 25.7. The smallest absolute Gasteiger partial charge is 0.223 e. The Hall–Kier alpha value is -2.58. The number of aryl methyl sites for hydroxylation is 2. The van der Waals surface area contributed by atoms with Crippen LogP contribution in [0.3, 0.4) is 0 Å². The van der Waals surface area contributed by atoms with E-state index >= 15 is 0 Å². The maximum Gasteiger partial charge on any atom is 0.223 e. The van der Waals surface area contributed by atoms with E-state index in [1.165, 1.54) is 0 Å². The van der Waals surface area contributed by atoms with Gasteiger partial charge in [0.05, 0.1) is 12.8 Å². The van der Waals surface area contributed by atoms with Gasteiger partial charge in [-0.25, -0.2) is 0 Å². The van der Waals surface area contributed by atoms with Crippen LogP contribution in [0.4, 0.5) is 0 Å². The fourth-order valence-electron chi connectivity index (χ4n) is 5.05. The summed E-state index contributed by atoms with van der Waals surface area (Å²) in [5, 5.41) is 4.94. The molecule has 0 unspecified atom stereocenters. The number of hydrogen-bond acceptors (Lipinski definition) is 5. The monoisotopic (exact) mass is 515 g/mol. The summed E-state index contributed by atoms with van der Waals surface area (Å²) in [6.07, 6.45) is 4.96. The quantitative estimate of drug-likeness (QED) is 0.540. The van der Waals surface area contributed by atoms with E-state index in [1.54, 1.807) is 0 Å². The number of aromatic nitrogens is 2. The van der Waals surface area contributed by atoms with Crippen LogP contribution in [0.15, 0.2) is 30.5 Å². The summed E-state index contributed by atoms with van der Waals surface area (Å²) in [4.78, 5) is 32.5. The van der Waals surface area contributed by atoms with Crippen LogP contribution in [0.5, 0.6) is 5.75 Å². The van der Waals surface area contributed by atoms with E-state index in [4.69, 9.17) is 16.3 Å². The summed E-state index contributed by atoms with van der Waals surface area (Å²) >= 11 is 6.02. The van der Waals surface area contributed by atoms with Crippen molar-refractivity contribution in [3.63, 3.8) is 0 Å². The summed E-state index contributed by atoms with van der Waals surface area (Å²) in [5.74, 6) is 1.10. The number of likely N-dealkylation sites (N-methyl/N-ethyl adjacent to an activating group) is 1. The molecule has 3 heterocycles. The van der Waals surface area contributed by atoms with Crippen molar-refractivity contribution in [2.75, 3.05) is 52.9 Å². The van der Waals surface area contributed by atoms with Crippen LogP contribution in [0, 0.1) is 12.3 Å². The number of hydrogen-bond donors (Lipinski definition) is 0. The Morgan fingerprint density at radius 1 is 0.972 bits per heavy atom. The van der Waals surface area contributed by atoms with Gasteiger partial charge in [-0.3, -0.25) is 14.3 Å². The molecule has 2 aliphatic heterocycles. The summed E-state index contributed by atoms with van der Waals surface area (Å²) in [5.41, 5.74) is 1.92. The van der Waals surface area contributed by atoms with Crippen LogP contribution in [-0.2, 0) is 23.1 Å². The van der Waals surface area contributed by atoms with Crippen LogP contribution < -0.4 is 4.74 Å². The first kappa shape index (κ1) is 26.5. The van der Waals surface area contributed by atoms with E-state index in [0.29, 0.717) is 44.0 Å². The summed E-state index contributed by atoms with van der Waals surface area (Å²) in [6, 6.07) is 7.34. The minimum Gasteiger partial charge on any atom is -0.493 e. The lowest BCUT2D eigenvalue weighted by Gasteiger charge is -2.43. The third-order valence-electron chi connectivity index (χ3n) is 7.86. The van der Waals surface area contributed by atoms with Gasteiger partial charge in [0.25, 0.3) is 0 Å². The Morgan fingerprint density at radius 3 is 2.22 bits per heavy atom. The molecular formula is C27H38ClN5O3. The summed E-state index contributed by atoms with van der Waals surface area (Å²) in [6.45, 7) is 7.10. The number of piperidine rings is 1. The maximum absolute atomic E-state index is 13.3. The first-order valence-corrected chi connectivity index (χ1v) is 13.2. The maximum atomic E-state index is 13.3. The second-order valence-electron chi connectivity index (χ2n) is 10.4. The average molecular weight is 516 g/mol. The molecule has 0 radical (unpaired) electrons. The minimum atomic E-state index is -0.295. The van der Waals surface area contributed by atoms with Gasteiger partial charge in [0.15, 0.2) is 0 Å². The first-order valence-electron chi connectivity index (χ1n) is 12.8. The van der Waals surface area contributed by atoms with E-state index in [1.807, 2.05) is 58.9 Å². The van der Waals surface area contributed by atoms with E-state index in [-0.39, 0.29) is 17.2 Å². The number of ether oxygens (including phenoxy) is 1. The minimum absolute atomic E-state index is 0.163. The molecule has 0 bridgehead atoms. The van der Waals surface area contributed by atoms with Crippen molar-refractivity contribution in [1.82, 2.24) is 24.5 Å². The molecule has 2 saturated heterocycles. The van der Waals surface area contributed by atoms with Crippen molar-refractivity contribution in [2.45, 2.75) is 39.0 Å². The van der Waals surface area contributed by atoms with Gasteiger partial charge in [-0.1, -0.05) is 11.6 Å². The van der Waals surface area contributed by atoms with Crippen LogP contribution in [0.2, 0.25) is 5.02 Å². The molecule has 2 amide bonds. The molecule has 36 heavy (non-hydrogen) atoms. The Bertz CT molecular complexity index is 1040. The molecule has 8 nitrogen and oxygen atoms in total. The predicted octanol–water partition coefficient (Wildman–Crippen LogP) is 3.17. The van der Waals surface area contributed by atoms with Gasteiger partial charge in [-0.05, 0) is 63.1 Å². The van der Waals surface area contributed by atoms with Crippen molar-refractivity contribution < 1.29 is 14.3 Å². The second-order valence-corrected chi connectivity index (χ2v) is 10.8. The fraction of sp³-hybridized carbons (Fsp3) is 0.593. The number of rotatable bonds is 8. The highest BCUT2D eigenvalue weighted by atomic mass is 35.5. The number of likely N-dealkylation sites (tertiary alicyclic amines) is 1. The van der Waals surface area contributed by atoms with Crippen molar-refractivity contribution in [2.24, 2.45) is 12.5 Å². The lowest BCUT2D eigenvalue weighted by molar-refractivity contribution is -0.139. The van der Waals surface area contributed by atoms with Gasteiger partial charge in [-0.2, -0.15) is 5.10 Å². The number of amides is 2. The van der Waals surface area contributed by atoms with E-state index in [0.717, 1.165) is 56.0 Å². The predicted molar refractivity (Wildman–Crippen MR) is 140 cm³/mol. The van der Waals surface area contributed by atoms with E-state index in [9.17, 15) is 9.59 Å². The van der Waals surface area contributed by atoms with E-state index < -0.39 is 0 Å². The molecule has 9 heteroatoms. The number of piperazine rings is 1. The third kappa shape index (κ3) is 6.59. The molecule has 196 valence electrons. The van der Waals surface area contributed by atoms with Crippen molar-refractivity contribution in [3.8, 4) is 5.75 Å². The van der Waals surface area contributed by atoms with E-state index in [2.05, 4.69) is 17.0 Å². The summed E-state index contributed by atoms with van der Waals surface area (Å²) in [7, 11) is 4.01. The summed E-state index contributed by atoms with van der Waals surface area (Å²) < 4.78 is 8.02. The standard InChI is InChI=1S/C27H38ClN5O3/c1-21-22(19-29-31(21)3)4-9-25(34)32-12-10-27(11-13-32,20-36-24-7-5-23(28)6-8-24)18-26(35)33-16-14-30(2)15-17-33/h5-8,19H,4,9-18,20H2,1-3H3. The Kier molecular flexibility index (Phi) is 8.57. The Balaban J connectivity index is 1.37. The SMILES string of the molecule is Cc1c(CCC(=O)N2CCC(COc3ccc(Cl)cc3)(CC(=O)N3CCN(C)CC3)CC2)cnn1C. The lowest BCUT2D eigenvalue weighted by atomic mass is 9.75. The van der Waals surface area contributed by atoms with Crippen molar-refractivity contribution in [1.29, 1.82) is 0 Å². The topological polar surface area (TPSA) is 70.9 Å². The Labute approximate surface area is 219 Å². The fourth-order valence-corrected chi connectivity index (χ4v) is 5.17. The number of halogens is 1. The molecule has 0 atom stereocenters. The molecule has 4 rings (SSSR count). The van der Waals surface area contributed by atoms with Crippen molar-refractivity contribution >= 4 is 23.4 Å². The van der Waals surface area contributed by atoms with Gasteiger partial charge in [0, 0.05) is 75.3 Å². The lowest BCUT2D eigenvalue weighted by Crippen LogP contribution is -2.51. The molecule has 0 spiro atoms. The van der Waals surface area contributed by atoms with Crippen LogP contribution >= 0.6 is 11.6 Å². The van der Waals surface area contributed by atoms with Gasteiger partial charge < -0.3 is 19.4 Å². The molecule has 2 aliphatic rings. The number of carbonyl (C=O) groups excluding carboxylic acids is 2. The van der Waals surface area contributed by atoms with Gasteiger partial charge in [0.2, 0.25) is 11.8 Å². The second kappa shape index (κ2) is 11.6. The molecular weight excluding hydrogens is 478 g/mol. The zero-order valence-corrected chi connectivity index (χ0v) is 22.5. The third-order valence-corrected chi connectivity index (χ3v) is 8.11. The average Bonchev–Trinajstić information content (AvgIpc) is 3.20. The van der Waals surface area contributed by atoms with Gasteiger partial charge >= 0.3 is 0 Å². The van der Waals surface area contributed by atoms with Gasteiger partial charge in [0.1, 0.15) is 5.75 Å². The molecule has 1 aromatic carbocycles. The molecule has 0 aliphatic carbocycles. The van der Waals surface area contributed by atoms with Crippen molar-refractivity contribution in [3.05, 3.63) is 46.7 Å². The first-order chi connectivity index (χ1) is 17.2. The molecule has 0 N–H and O–H groups in total. The Morgan fingerprint density at radius 2 is 1.61 bits per heavy atom. The number of nitrogens with zero attached hydrogens (tertiary/aromatic N) is 5. The highest BCUT2D eigenvalue weighted by molar-refractivity contribution is 6.30. The molecule has 1 aromatic heterocycles. The highest BCUT2D eigenvalue weighted by Gasteiger charge is 2.40. The van der Waals surface area contributed by atoms with Gasteiger partial charge in [-0.15, -0.1) is 0 Å². The molecule has 2 aromatic rings. The molecule has 2 fully saturated rings. The van der Waals surface area contributed by atoms with Crippen LogP contribution in [-0.4, -0.2) is 89.2 Å². The largest absolute Gasteiger partial charge is 0.493 e. The zero-order valence-electron chi connectivity index (χ0n) is 21.7. The van der Waals surface area contributed by atoms with Crippen LogP contribution in [0.25, 0.3) is 0 Å². The highest BCUT2D eigenvalue weighted by Crippen LogP contribution is 2.37.